The number of halogens is 1. The average Bonchev–Trinajstić information content (AvgIpc) is 3.06. The second-order valence-corrected chi connectivity index (χ2v) is 6.19. The Kier molecular flexibility index (Phi) is 5.46. The Morgan fingerprint density at radius 1 is 1.35 bits per heavy atom. The van der Waals surface area contributed by atoms with Crippen LogP contribution in [-0.2, 0) is 11.3 Å². The smallest absolute Gasteiger partial charge is 0.254 e. The zero-order valence-electron chi connectivity index (χ0n) is 14.4. The number of nitrogens with one attached hydrogen (secondary N) is 1. The first-order valence-electron chi connectivity index (χ1n) is 8.38. The normalized spacial score (nSPS) is 16.2. The summed E-state index contributed by atoms with van der Waals surface area (Å²) in [6.07, 6.45) is 4.44. The second kappa shape index (κ2) is 7.95. The third-order valence-corrected chi connectivity index (χ3v) is 4.33. The Balaban J connectivity index is 1.82. The van der Waals surface area contributed by atoms with Crippen LogP contribution in [0, 0.1) is 5.82 Å². The Bertz CT molecular complexity index is 798. The van der Waals surface area contributed by atoms with Crippen molar-refractivity contribution in [3.63, 3.8) is 0 Å². The van der Waals surface area contributed by atoms with Crippen LogP contribution in [-0.4, -0.2) is 41.4 Å². The van der Waals surface area contributed by atoms with Gasteiger partial charge in [0.15, 0.2) is 11.6 Å². The maximum atomic E-state index is 14.0. The first-order valence-corrected chi connectivity index (χ1v) is 8.38. The molecule has 2 heterocycles. The minimum atomic E-state index is -0.587. The van der Waals surface area contributed by atoms with Gasteiger partial charge in [-0.15, -0.1) is 0 Å². The van der Waals surface area contributed by atoms with Gasteiger partial charge in [-0.05, 0) is 42.3 Å². The number of pyridine rings is 1. The number of hydrogen-bond donors (Lipinski definition) is 1. The van der Waals surface area contributed by atoms with Gasteiger partial charge in [-0.2, -0.15) is 0 Å². The van der Waals surface area contributed by atoms with Gasteiger partial charge in [0.2, 0.25) is 5.91 Å². The number of amides is 2. The van der Waals surface area contributed by atoms with E-state index in [0.717, 1.165) is 5.56 Å². The lowest BCUT2D eigenvalue weighted by Crippen LogP contribution is -2.41. The number of ether oxygens (including phenoxy) is 1. The first kappa shape index (κ1) is 17.8. The van der Waals surface area contributed by atoms with E-state index >= 15 is 0 Å². The summed E-state index contributed by atoms with van der Waals surface area (Å²) >= 11 is 0. The lowest BCUT2D eigenvalue weighted by atomic mass is 10.1. The molecule has 0 spiro atoms. The molecule has 1 fully saturated rings. The van der Waals surface area contributed by atoms with Crippen molar-refractivity contribution >= 4 is 11.8 Å². The van der Waals surface area contributed by atoms with Crippen LogP contribution >= 0.6 is 0 Å². The molecular weight excluding hydrogens is 337 g/mol. The van der Waals surface area contributed by atoms with E-state index in [2.05, 4.69) is 10.3 Å². The molecule has 3 rings (SSSR count). The maximum Gasteiger partial charge on any atom is 0.254 e. The number of aromatic nitrogens is 1. The van der Waals surface area contributed by atoms with Crippen molar-refractivity contribution in [1.82, 2.24) is 15.2 Å². The van der Waals surface area contributed by atoms with E-state index in [0.29, 0.717) is 25.9 Å². The fourth-order valence-corrected chi connectivity index (χ4v) is 2.99. The van der Waals surface area contributed by atoms with Gasteiger partial charge < -0.3 is 15.0 Å². The van der Waals surface area contributed by atoms with Gasteiger partial charge >= 0.3 is 0 Å². The minimum Gasteiger partial charge on any atom is -0.494 e. The zero-order valence-corrected chi connectivity index (χ0v) is 14.4. The van der Waals surface area contributed by atoms with E-state index in [9.17, 15) is 14.0 Å². The van der Waals surface area contributed by atoms with Crippen LogP contribution in [0.4, 0.5) is 4.39 Å². The van der Waals surface area contributed by atoms with Crippen molar-refractivity contribution in [1.29, 1.82) is 0 Å². The summed E-state index contributed by atoms with van der Waals surface area (Å²) in [5.41, 5.74) is 1.15. The number of nitrogens with zero attached hydrogens (tertiary/aromatic N) is 2. The Hall–Kier alpha value is -2.96. The fraction of sp³-hybridized carbons (Fsp3) is 0.316. The Morgan fingerprint density at radius 3 is 2.73 bits per heavy atom. The molecule has 0 unspecified atom stereocenters. The Morgan fingerprint density at radius 2 is 2.12 bits per heavy atom. The summed E-state index contributed by atoms with van der Waals surface area (Å²) < 4.78 is 18.9. The van der Waals surface area contributed by atoms with Gasteiger partial charge in [0.25, 0.3) is 5.91 Å². The van der Waals surface area contributed by atoms with Crippen LogP contribution in [0.3, 0.4) is 0 Å². The van der Waals surface area contributed by atoms with Gasteiger partial charge in [0.1, 0.15) is 0 Å². The molecule has 0 radical (unpaired) electrons. The molecule has 2 amide bonds. The highest BCUT2D eigenvalue weighted by Crippen LogP contribution is 2.20. The van der Waals surface area contributed by atoms with Gasteiger partial charge in [0, 0.05) is 43.5 Å². The van der Waals surface area contributed by atoms with E-state index in [1.165, 1.54) is 25.3 Å². The van der Waals surface area contributed by atoms with Gasteiger partial charge in [-0.1, -0.05) is 0 Å². The van der Waals surface area contributed by atoms with Crippen molar-refractivity contribution in [2.45, 2.75) is 25.4 Å². The van der Waals surface area contributed by atoms with Crippen molar-refractivity contribution in [2.24, 2.45) is 0 Å². The monoisotopic (exact) mass is 357 g/mol. The minimum absolute atomic E-state index is 0.0122. The molecule has 0 aliphatic carbocycles. The van der Waals surface area contributed by atoms with Crippen LogP contribution in [0.1, 0.15) is 28.8 Å². The summed E-state index contributed by atoms with van der Waals surface area (Å²) in [6, 6.07) is 7.69. The maximum absolute atomic E-state index is 14.0. The summed E-state index contributed by atoms with van der Waals surface area (Å²) in [4.78, 5) is 30.0. The molecule has 1 aliphatic rings. The molecule has 6 nitrogen and oxygen atoms in total. The predicted octanol–water partition coefficient (Wildman–Crippen LogP) is 2.15. The molecule has 0 saturated carbocycles. The molecule has 26 heavy (non-hydrogen) atoms. The summed E-state index contributed by atoms with van der Waals surface area (Å²) in [5.74, 6) is -0.812. The molecule has 1 atom stereocenters. The molecule has 1 aromatic heterocycles. The van der Waals surface area contributed by atoms with Crippen LogP contribution in [0.15, 0.2) is 42.7 Å². The standard InChI is InChI=1S/C19H20FN3O3/c1-26-17-4-2-14(10-16(17)20)19(25)23(11-13-6-8-21-9-7-13)12-15-3-5-18(24)22-15/h2,4,6-10,15H,3,5,11-12H2,1H3,(H,22,24)/t15-/m0/s1. The molecule has 1 saturated heterocycles. The fourth-order valence-electron chi connectivity index (χ4n) is 2.99. The topological polar surface area (TPSA) is 71.5 Å². The lowest BCUT2D eigenvalue weighted by Gasteiger charge is -2.26. The highest BCUT2D eigenvalue weighted by Gasteiger charge is 2.26. The molecule has 2 aromatic rings. The van der Waals surface area contributed by atoms with E-state index in [4.69, 9.17) is 4.74 Å². The Labute approximate surface area is 151 Å². The van der Waals surface area contributed by atoms with E-state index in [1.54, 1.807) is 17.3 Å². The third-order valence-electron chi connectivity index (χ3n) is 4.33. The van der Waals surface area contributed by atoms with Crippen LogP contribution in [0.25, 0.3) is 0 Å². The van der Waals surface area contributed by atoms with Crippen LogP contribution in [0.2, 0.25) is 0 Å². The molecule has 1 N–H and O–H groups in total. The number of carbonyl (C=O) groups excluding carboxylic acids is 2. The van der Waals surface area contributed by atoms with E-state index in [-0.39, 0.29) is 29.2 Å². The lowest BCUT2D eigenvalue weighted by molar-refractivity contribution is -0.119. The first-order chi connectivity index (χ1) is 12.6. The largest absolute Gasteiger partial charge is 0.494 e. The predicted molar refractivity (Wildman–Crippen MR) is 93.1 cm³/mol. The molecule has 1 aromatic carbocycles. The molecule has 0 bridgehead atoms. The van der Waals surface area contributed by atoms with Crippen molar-refractivity contribution in [2.75, 3.05) is 13.7 Å². The summed E-state index contributed by atoms with van der Waals surface area (Å²) in [6.45, 7) is 0.710. The van der Waals surface area contributed by atoms with Crippen LogP contribution in [0.5, 0.6) is 5.75 Å². The highest BCUT2D eigenvalue weighted by atomic mass is 19.1. The second-order valence-electron chi connectivity index (χ2n) is 6.19. The number of rotatable bonds is 6. The van der Waals surface area contributed by atoms with Crippen molar-refractivity contribution in [3.05, 3.63) is 59.7 Å². The zero-order chi connectivity index (χ0) is 18.5. The number of carbonyl (C=O) groups is 2. The van der Waals surface area contributed by atoms with Crippen molar-refractivity contribution < 1.29 is 18.7 Å². The molecule has 1 aliphatic heterocycles. The summed E-state index contributed by atoms with van der Waals surface area (Å²) in [7, 11) is 1.37. The van der Waals surface area contributed by atoms with E-state index in [1.807, 2.05) is 12.1 Å². The van der Waals surface area contributed by atoms with Crippen molar-refractivity contribution in [3.8, 4) is 5.75 Å². The number of benzene rings is 1. The van der Waals surface area contributed by atoms with Gasteiger partial charge in [-0.3, -0.25) is 14.6 Å². The third kappa shape index (κ3) is 4.17. The quantitative estimate of drug-likeness (QED) is 0.860. The van der Waals surface area contributed by atoms with Gasteiger partial charge in [0.05, 0.1) is 7.11 Å². The van der Waals surface area contributed by atoms with Crippen LogP contribution < -0.4 is 10.1 Å². The number of hydrogen-bond acceptors (Lipinski definition) is 4. The SMILES string of the molecule is COc1ccc(C(=O)N(Cc2ccncc2)C[C@@H]2CCC(=O)N2)cc1F. The highest BCUT2D eigenvalue weighted by molar-refractivity contribution is 5.94. The average molecular weight is 357 g/mol. The molecule has 136 valence electrons. The molecule has 7 heteroatoms. The number of methoxy groups -OCH3 is 1. The van der Waals surface area contributed by atoms with Gasteiger partial charge in [-0.25, -0.2) is 4.39 Å². The summed E-state index contributed by atoms with van der Waals surface area (Å²) in [5, 5.41) is 2.87. The molecular formula is C19H20FN3O3. The van der Waals surface area contributed by atoms with E-state index < -0.39 is 5.82 Å².